The number of rotatable bonds is 2. The van der Waals surface area contributed by atoms with Gasteiger partial charge in [-0.15, -0.1) is 29.0 Å². The van der Waals surface area contributed by atoms with E-state index < -0.39 is 0 Å². The normalized spacial score (nSPS) is 10.1. The van der Waals surface area contributed by atoms with Crippen LogP contribution in [0, 0.1) is 0 Å². The second-order valence-corrected chi connectivity index (χ2v) is 3.44. The average Bonchev–Trinajstić information content (AvgIpc) is 2.63. The minimum Gasteiger partial charge on any atom is -0.168 e. The van der Waals surface area contributed by atoms with Gasteiger partial charge in [0.25, 0.3) is 0 Å². The Morgan fingerprint density at radius 1 is 1.07 bits per heavy atom. The molecular weight excluding hydrogens is 204 g/mol. The molecule has 0 fully saturated rings. The SMILES string of the molecule is CCc1ccc2[cH-]ccc2c1CC.[Ti+2]. The van der Waals surface area contributed by atoms with Gasteiger partial charge in [0.2, 0.25) is 0 Å². The minimum atomic E-state index is 0. The Morgan fingerprint density at radius 2 is 1.86 bits per heavy atom. The first-order valence-electron chi connectivity index (χ1n) is 5.03. The number of hydrogen-bond acceptors (Lipinski definition) is 0. The van der Waals surface area contributed by atoms with Crippen LogP contribution in [0.25, 0.3) is 10.8 Å². The summed E-state index contributed by atoms with van der Waals surface area (Å²) in [5, 5.41) is 2.83. The Morgan fingerprint density at radius 3 is 2.50 bits per heavy atom. The molecule has 0 amide bonds. The Hall–Kier alpha value is -0.456. The Kier molecular flexibility index (Phi) is 4.03. The van der Waals surface area contributed by atoms with Crippen molar-refractivity contribution in [3.8, 4) is 0 Å². The Balaban J connectivity index is 0.000000980. The van der Waals surface area contributed by atoms with Crippen LogP contribution in [0.15, 0.2) is 30.3 Å². The van der Waals surface area contributed by atoms with Crippen molar-refractivity contribution in [1.29, 1.82) is 0 Å². The van der Waals surface area contributed by atoms with E-state index in [9.17, 15) is 0 Å². The van der Waals surface area contributed by atoms with Crippen molar-refractivity contribution >= 4 is 10.8 Å². The predicted molar refractivity (Wildman–Crippen MR) is 58.3 cm³/mol. The van der Waals surface area contributed by atoms with Crippen molar-refractivity contribution in [3.63, 3.8) is 0 Å². The van der Waals surface area contributed by atoms with Crippen LogP contribution in [0.4, 0.5) is 0 Å². The van der Waals surface area contributed by atoms with Gasteiger partial charge < -0.3 is 0 Å². The first-order chi connectivity index (χ1) is 6.36. The summed E-state index contributed by atoms with van der Waals surface area (Å²) in [4.78, 5) is 0. The fraction of sp³-hybridized carbons (Fsp3) is 0.308. The molecule has 0 bridgehead atoms. The Labute approximate surface area is 101 Å². The number of hydrogen-bond donors (Lipinski definition) is 0. The third-order valence-electron chi connectivity index (χ3n) is 2.76. The number of fused-ring (bicyclic) bond motifs is 1. The third-order valence-corrected chi connectivity index (χ3v) is 2.76. The summed E-state index contributed by atoms with van der Waals surface area (Å²) >= 11 is 0. The molecule has 0 N–H and O–H groups in total. The molecule has 0 saturated heterocycles. The molecule has 0 atom stereocenters. The maximum Gasteiger partial charge on any atom is 2.00 e. The molecule has 2 aromatic rings. The second-order valence-electron chi connectivity index (χ2n) is 3.44. The molecule has 2 rings (SSSR count). The molecule has 2 aromatic carbocycles. The van der Waals surface area contributed by atoms with Gasteiger partial charge in [-0.1, -0.05) is 25.0 Å². The standard InChI is InChI=1S/C13H15.Ti/c1-3-10-8-9-11-6-5-7-13(11)12(10)4-2;/h5-9H,3-4H2,1-2H3;/q-1;+2. The van der Waals surface area contributed by atoms with Gasteiger partial charge in [0, 0.05) is 0 Å². The van der Waals surface area contributed by atoms with Crippen LogP contribution in [0.2, 0.25) is 0 Å². The van der Waals surface area contributed by atoms with Gasteiger partial charge in [0.1, 0.15) is 0 Å². The summed E-state index contributed by atoms with van der Waals surface area (Å²) in [7, 11) is 0. The van der Waals surface area contributed by atoms with Crippen molar-refractivity contribution < 1.29 is 21.7 Å². The molecule has 0 aliphatic heterocycles. The molecule has 0 saturated carbocycles. The number of benzene rings is 1. The maximum atomic E-state index is 2.27. The van der Waals surface area contributed by atoms with Crippen LogP contribution in [0.5, 0.6) is 0 Å². The fourth-order valence-electron chi connectivity index (χ4n) is 2.07. The molecule has 0 unspecified atom stereocenters. The largest absolute Gasteiger partial charge is 2.00 e. The van der Waals surface area contributed by atoms with Gasteiger partial charge in [-0.3, -0.25) is 0 Å². The molecule has 0 spiro atoms. The van der Waals surface area contributed by atoms with Crippen LogP contribution < -0.4 is 0 Å². The van der Waals surface area contributed by atoms with Crippen LogP contribution in [-0.2, 0) is 34.6 Å². The molecule has 0 aromatic heterocycles. The second kappa shape index (κ2) is 4.86. The van der Waals surface area contributed by atoms with Crippen LogP contribution in [0.3, 0.4) is 0 Å². The summed E-state index contributed by atoms with van der Waals surface area (Å²) in [5.74, 6) is 0. The van der Waals surface area contributed by atoms with Crippen molar-refractivity contribution in [2.24, 2.45) is 0 Å². The van der Waals surface area contributed by atoms with Crippen LogP contribution >= 0.6 is 0 Å². The predicted octanol–water partition coefficient (Wildman–Crippen LogP) is 3.68. The van der Waals surface area contributed by atoms with Gasteiger partial charge in [-0.2, -0.15) is 12.1 Å². The van der Waals surface area contributed by atoms with Gasteiger partial charge in [0.15, 0.2) is 0 Å². The zero-order chi connectivity index (χ0) is 9.26. The van der Waals surface area contributed by atoms with E-state index in [1.54, 1.807) is 0 Å². The summed E-state index contributed by atoms with van der Waals surface area (Å²) in [5.41, 5.74) is 3.03. The van der Waals surface area contributed by atoms with Crippen molar-refractivity contribution in [2.45, 2.75) is 26.7 Å². The molecule has 0 aliphatic carbocycles. The first kappa shape index (κ1) is 11.6. The third kappa shape index (κ3) is 1.82. The van der Waals surface area contributed by atoms with Crippen LogP contribution in [-0.4, -0.2) is 0 Å². The van der Waals surface area contributed by atoms with Crippen molar-refractivity contribution in [1.82, 2.24) is 0 Å². The summed E-state index contributed by atoms with van der Waals surface area (Å²) in [6, 6.07) is 11.1. The van der Waals surface area contributed by atoms with Gasteiger partial charge in [0.05, 0.1) is 0 Å². The minimum absolute atomic E-state index is 0. The monoisotopic (exact) mass is 219 g/mol. The maximum absolute atomic E-state index is 2.27. The molecular formula is C13H15Ti+. The zero-order valence-corrected chi connectivity index (χ0v) is 10.4. The molecule has 0 radical (unpaired) electrons. The van der Waals surface area contributed by atoms with E-state index in [0.29, 0.717) is 0 Å². The van der Waals surface area contributed by atoms with Gasteiger partial charge in [-0.05, 0) is 12.8 Å². The average molecular weight is 219 g/mol. The van der Waals surface area contributed by atoms with E-state index in [0.717, 1.165) is 12.8 Å². The first-order valence-corrected chi connectivity index (χ1v) is 5.03. The summed E-state index contributed by atoms with van der Waals surface area (Å²) < 4.78 is 0. The van der Waals surface area contributed by atoms with Crippen molar-refractivity contribution in [2.75, 3.05) is 0 Å². The Bertz CT molecular complexity index is 412. The van der Waals surface area contributed by atoms with E-state index in [-0.39, 0.29) is 21.7 Å². The van der Waals surface area contributed by atoms with E-state index in [2.05, 4.69) is 44.2 Å². The molecule has 14 heavy (non-hydrogen) atoms. The molecule has 1 heteroatoms. The molecule has 0 heterocycles. The van der Waals surface area contributed by atoms with Crippen molar-refractivity contribution in [3.05, 3.63) is 41.5 Å². The molecule has 0 aliphatic rings. The summed E-state index contributed by atoms with van der Waals surface area (Å²) in [6.07, 6.45) is 2.29. The van der Waals surface area contributed by atoms with Crippen LogP contribution in [0.1, 0.15) is 25.0 Å². The van der Waals surface area contributed by atoms with E-state index in [1.807, 2.05) is 0 Å². The molecule has 0 nitrogen and oxygen atoms in total. The van der Waals surface area contributed by atoms with Gasteiger partial charge in [-0.25, -0.2) is 0 Å². The number of aryl methyl sites for hydroxylation is 2. The summed E-state index contributed by atoms with van der Waals surface area (Å²) in [6.45, 7) is 4.46. The topological polar surface area (TPSA) is 0 Å². The fourth-order valence-corrected chi connectivity index (χ4v) is 2.07. The zero-order valence-electron chi connectivity index (χ0n) is 8.80. The quantitative estimate of drug-likeness (QED) is 0.533. The molecule has 70 valence electrons. The van der Waals surface area contributed by atoms with E-state index >= 15 is 0 Å². The van der Waals surface area contributed by atoms with Gasteiger partial charge >= 0.3 is 21.7 Å². The van der Waals surface area contributed by atoms with E-state index in [1.165, 1.54) is 21.9 Å². The smallest absolute Gasteiger partial charge is 0.168 e. The van der Waals surface area contributed by atoms with E-state index in [4.69, 9.17) is 0 Å².